The summed E-state index contributed by atoms with van der Waals surface area (Å²) in [4.78, 5) is 22.8. The summed E-state index contributed by atoms with van der Waals surface area (Å²) in [6.07, 6.45) is 4.47. The minimum absolute atomic E-state index is 0.0994. The highest BCUT2D eigenvalue weighted by molar-refractivity contribution is 6.00. The number of carboxylic acids is 1. The zero-order chi connectivity index (χ0) is 19.3. The Morgan fingerprint density at radius 3 is 2.69 bits per heavy atom. The van der Waals surface area contributed by atoms with Crippen LogP contribution in [0.25, 0.3) is 0 Å². The van der Waals surface area contributed by atoms with Gasteiger partial charge in [-0.05, 0) is 43.4 Å². The highest BCUT2D eigenvalue weighted by Crippen LogP contribution is 2.35. The lowest BCUT2D eigenvalue weighted by Gasteiger charge is -2.16. The van der Waals surface area contributed by atoms with Gasteiger partial charge in [0.2, 0.25) is 0 Å². The van der Waals surface area contributed by atoms with Crippen molar-refractivity contribution < 1.29 is 19.4 Å². The predicted molar refractivity (Wildman–Crippen MR) is 101 cm³/mol. The van der Waals surface area contributed by atoms with E-state index in [0.29, 0.717) is 30.5 Å². The third-order valence-corrected chi connectivity index (χ3v) is 4.67. The van der Waals surface area contributed by atoms with Gasteiger partial charge in [-0.25, -0.2) is 4.79 Å². The number of carboxylic acid groups (broad SMARTS) is 1. The van der Waals surface area contributed by atoms with Gasteiger partial charge in [0, 0.05) is 24.8 Å². The lowest BCUT2D eigenvalue weighted by Crippen LogP contribution is -2.10. The maximum Gasteiger partial charge on any atom is 0.341 e. The van der Waals surface area contributed by atoms with Crippen LogP contribution in [0.2, 0.25) is 0 Å². The van der Waals surface area contributed by atoms with Crippen LogP contribution in [0.15, 0.2) is 11.6 Å². The third kappa shape index (κ3) is 4.26. The van der Waals surface area contributed by atoms with E-state index in [0.717, 1.165) is 34.2 Å². The molecule has 2 rings (SSSR count). The maximum absolute atomic E-state index is 12.1. The standard InChI is InChI=1S/C21H25NO4/c1-4-5-6-7-15-14(3)17-12-26-21(25)19(17)20(22)16(15)10-8-13(2)9-11-18(23)24/h8H,4,7,9-12,22H2,1-3H3,(H,23,24)/b13-8+. The van der Waals surface area contributed by atoms with Crippen molar-refractivity contribution in [1.29, 1.82) is 0 Å². The average Bonchev–Trinajstić information content (AvgIpc) is 2.99. The molecule has 0 fully saturated rings. The second kappa shape index (κ2) is 8.57. The van der Waals surface area contributed by atoms with Crippen LogP contribution in [0.3, 0.4) is 0 Å². The van der Waals surface area contributed by atoms with Crippen molar-refractivity contribution in [3.05, 3.63) is 39.5 Å². The van der Waals surface area contributed by atoms with E-state index < -0.39 is 5.97 Å². The molecule has 0 aromatic heterocycles. The first-order valence-corrected chi connectivity index (χ1v) is 8.79. The van der Waals surface area contributed by atoms with Crippen molar-refractivity contribution in [2.45, 2.75) is 59.5 Å². The molecule has 0 unspecified atom stereocenters. The Morgan fingerprint density at radius 2 is 2.04 bits per heavy atom. The molecule has 0 saturated heterocycles. The van der Waals surface area contributed by atoms with Gasteiger partial charge >= 0.3 is 11.9 Å². The zero-order valence-electron chi connectivity index (χ0n) is 15.6. The van der Waals surface area contributed by atoms with E-state index in [2.05, 4.69) is 11.8 Å². The number of fused-ring (bicyclic) bond motifs is 1. The molecule has 1 heterocycles. The van der Waals surface area contributed by atoms with Crippen LogP contribution in [0.1, 0.15) is 65.7 Å². The van der Waals surface area contributed by atoms with Gasteiger partial charge in [0.25, 0.3) is 0 Å². The second-order valence-corrected chi connectivity index (χ2v) is 6.46. The van der Waals surface area contributed by atoms with E-state index in [9.17, 15) is 9.59 Å². The Balaban J connectivity index is 2.43. The Labute approximate surface area is 154 Å². The number of aliphatic carboxylic acids is 1. The van der Waals surface area contributed by atoms with Gasteiger partial charge in [-0.3, -0.25) is 4.79 Å². The molecular formula is C21H25NO4. The number of nitrogen functional groups attached to an aromatic ring is 1. The van der Waals surface area contributed by atoms with Crippen LogP contribution in [-0.4, -0.2) is 17.0 Å². The van der Waals surface area contributed by atoms with Crippen LogP contribution >= 0.6 is 0 Å². The minimum Gasteiger partial charge on any atom is -0.481 e. The lowest BCUT2D eigenvalue weighted by atomic mass is 9.88. The summed E-state index contributed by atoms with van der Waals surface area (Å²) in [5.41, 5.74) is 12.1. The number of nitrogens with two attached hydrogens (primary N) is 1. The normalized spacial score (nSPS) is 13.0. The van der Waals surface area contributed by atoms with Gasteiger partial charge in [-0.15, -0.1) is 5.92 Å². The van der Waals surface area contributed by atoms with E-state index in [4.69, 9.17) is 15.6 Å². The van der Waals surface area contributed by atoms with Crippen molar-refractivity contribution in [2.75, 3.05) is 5.73 Å². The molecule has 0 spiro atoms. The summed E-state index contributed by atoms with van der Waals surface area (Å²) in [6.45, 7) is 6.14. The van der Waals surface area contributed by atoms with Crippen LogP contribution in [0, 0.1) is 18.8 Å². The lowest BCUT2D eigenvalue weighted by molar-refractivity contribution is -0.136. The molecular weight excluding hydrogens is 330 g/mol. The summed E-state index contributed by atoms with van der Waals surface area (Å²) in [7, 11) is 0. The number of rotatable bonds is 6. The first-order chi connectivity index (χ1) is 12.4. The Bertz CT molecular complexity index is 825. The number of allylic oxidation sites excluding steroid dienone is 2. The molecule has 5 nitrogen and oxygen atoms in total. The summed E-state index contributed by atoms with van der Waals surface area (Å²) in [6, 6.07) is 0. The highest BCUT2D eigenvalue weighted by Gasteiger charge is 2.29. The molecule has 0 radical (unpaired) electrons. The quantitative estimate of drug-likeness (QED) is 0.352. The monoisotopic (exact) mass is 355 g/mol. The fourth-order valence-corrected chi connectivity index (χ4v) is 3.13. The van der Waals surface area contributed by atoms with Crippen molar-refractivity contribution in [2.24, 2.45) is 0 Å². The van der Waals surface area contributed by atoms with E-state index in [1.807, 2.05) is 26.8 Å². The number of anilines is 1. The van der Waals surface area contributed by atoms with Crippen LogP contribution in [0.5, 0.6) is 0 Å². The predicted octanol–water partition coefficient (Wildman–Crippen LogP) is 3.56. The van der Waals surface area contributed by atoms with Crippen LogP contribution < -0.4 is 5.73 Å². The zero-order valence-corrected chi connectivity index (χ0v) is 15.6. The Kier molecular flexibility index (Phi) is 6.46. The Hall–Kier alpha value is -2.74. The van der Waals surface area contributed by atoms with Crippen LogP contribution in [0.4, 0.5) is 5.69 Å². The maximum atomic E-state index is 12.1. The smallest absolute Gasteiger partial charge is 0.341 e. The summed E-state index contributed by atoms with van der Waals surface area (Å²) in [5.74, 6) is 5.04. The summed E-state index contributed by atoms with van der Waals surface area (Å²) < 4.78 is 5.18. The second-order valence-electron chi connectivity index (χ2n) is 6.46. The van der Waals surface area contributed by atoms with E-state index in [1.54, 1.807) is 0 Å². The first-order valence-electron chi connectivity index (χ1n) is 8.79. The number of esters is 1. The van der Waals surface area contributed by atoms with Gasteiger partial charge in [0.05, 0.1) is 11.3 Å². The van der Waals surface area contributed by atoms with E-state index in [-0.39, 0.29) is 19.0 Å². The largest absolute Gasteiger partial charge is 0.481 e. The molecule has 1 aromatic rings. The molecule has 0 amide bonds. The third-order valence-electron chi connectivity index (χ3n) is 4.67. The molecule has 1 aliphatic heterocycles. The van der Waals surface area contributed by atoms with Gasteiger partial charge in [0.1, 0.15) is 6.61 Å². The van der Waals surface area contributed by atoms with E-state index >= 15 is 0 Å². The number of carbonyl (C=O) groups is 2. The number of hydrogen-bond donors (Lipinski definition) is 2. The van der Waals surface area contributed by atoms with Crippen molar-refractivity contribution in [3.63, 3.8) is 0 Å². The molecule has 0 atom stereocenters. The molecule has 0 aliphatic carbocycles. The Morgan fingerprint density at radius 1 is 1.31 bits per heavy atom. The van der Waals surface area contributed by atoms with E-state index in [1.165, 1.54) is 0 Å². The fraction of sp³-hybridized carbons (Fsp3) is 0.429. The molecule has 26 heavy (non-hydrogen) atoms. The van der Waals surface area contributed by atoms with Crippen molar-refractivity contribution >= 4 is 17.6 Å². The average molecular weight is 355 g/mol. The highest BCUT2D eigenvalue weighted by atomic mass is 16.5. The van der Waals surface area contributed by atoms with Crippen LogP contribution in [-0.2, 0) is 29.0 Å². The number of cyclic esters (lactones) is 1. The van der Waals surface area contributed by atoms with Gasteiger partial charge in [-0.1, -0.05) is 24.5 Å². The SMILES string of the molecule is CCC#CCc1c(C)c2c(c(N)c1C/C=C(\C)CCC(=O)O)C(=O)OC2. The fourth-order valence-electron chi connectivity index (χ4n) is 3.13. The molecule has 1 aromatic carbocycles. The molecule has 0 bridgehead atoms. The minimum atomic E-state index is -0.816. The van der Waals surface area contributed by atoms with Crippen molar-refractivity contribution in [1.82, 2.24) is 0 Å². The molecule has 3 N–H and O–H groups in total. The summed E-state index contributed by atoms with van der Waals surface area (Å²) in [5, 5.41) is 8.81. The van der Waals surface area contributed by atoms with Crippen molar-refractivity contribution in [3.8, 4) is 11.8 Å². The topological polar surface area (TPSA) is 89.6 Å². The van der Waals surface area contributed by atoms with Gasteiger partial charge in [0.15, 0.2) is 0 Å². The van der Waals surface area contributed by atoms with Gasteiger partial charge < -0.3 is 15.6 Å². The molecule has 0 saturated carbocycles. The molecule has 1 aliphatic rings. The first kappa shape index (κ1) is 19.6. The molecule has 5 heteroatoms. The summed E-state index contributed by atoms with van der Waals surface area (Å²) >= 11 is 0. The number of hydrogen-bond acceptors (Lipinski definition) is 4. The van der Waals surface area contributed by atoms with Gasteiger partial charge in [-0.2, -0.15) is 0 Å². The number of benzene rings is 1. The number of ether oxygens (including phenoxy) is 1. The molecule has 138 valence electrons. The number of carbonyl (C=O) groups excluding carboxylic acids is 1.